The summed E-state index contributed by atoms with van der Waals surface area (Å²) >= 11 is 0. The summed E-state index contributed by atoms with van der Waals surface area (Å²) in [6, 6.07) is 18.8. The second-order valence-corrected chi connectivity index (χ2v) is 15.8. The second kappa shape index (κ2) is 27.4. The quantitative estimate of drug-likeness (QED) is 0.0168. The highest BCUT2D eigenvalue weighted by molar-refractivity contribution is 6.02. The van der Waals surface area contributed by atoms with Gasteiger partial charge in [-0.15, -0.1) is 10.2 Å². The summed E-state index contributed by atoms with van der Waals surface area (Å²) in [5.41, 5.74) is 2.07. The number of nitro benzene ring substituents is 1. The molecule has 2 N–H and O–H groups in total. The van der Waals surface area contributed by atoms with Gasteiger partial charge in [0.15, 0.2) is 30.8 Å². The van der Waals surface area contributed by atoms with E-state index in [2.05, 4.69) is 27.8 Å². The van der Waals surface area contributed by atoms with E-state index in [1.165, 1.54) is 96.4 Å². The van der Waals surface area contributed by atoms with E-state index in [0.29, 0.717) is 41.5 Å². The first-order valence-electron chi connectivity index (χ1n) is 22.7. The van der Waals surface area contributed by atoms with Crippen LogP contribution in [0.25, 0.3) is 10.8 Å². The molecule has 0 heterocycles. The van der Waals surface area contributed by atoms with E-state index in [1.54, 1.807) is 32.2 Å². The van der Waals surface area contributed by atoms with Gasteiger partial charge in [0.05, 0.1) is 29.5 Å². The number of hydrogen-bond acceptors (Lipinski definition) is 12. The standard InChI is InChI=1S/C49H68N6O9/c1-8-10-11-12-13-14-15-16-17-18-19-20-21-26-48(57)51-45-33-46(40-24-22-23-25-41(40)49(45)63-34-62-37(5)60-6)64-36(4)54(9-2)38-27-29-42(44(31-38)50-35(3)56)52-53-43-30-28-39(55(58)59)32-47(43)61-7/h22-25,27-33,36-37H,8-21,26,34H2,1-7H3,(H,50,56)(H,51,57). The highest BCUT2D eigenvalue weighted by atomic mass is 16.7. The molecule has 0 radical (unpaired) electrons. The van der Waals surface area contributed by atoms with E-state index in [0.717, 1.165) is 35.7 Å². The van der Waals surface area contributed by atoms with E-state index in [4.69, 9.17) is 23.7 Å². The van der Waals surface area contributed by atoms with Crippen molar-refractivity contribution >= 4 is 56.7 Å². The first-order valence-corrected chi connectivity index (χ1v) is 22.7. The van der Waals surface area contributed by atoms with Gasteiger partial charge >= 0.3 is 0 Å². The van der Waals surface area contributed by atoms with Gasteiger partial charge in [0.2, 0.25) is 11.8 Å². The smallest absolute Gasteiger partial charge is 0.273 e. The minimum Gasteiger partial charge on any atom is -0.494 e. The van der Waals surface area contributed by atoms with Crippen LogP contribution in [0.5, 0.6) is 17.2 Å². The van der Waals surface area contributed by atoms with Crippen LogP contribution in [0, 0.1) is 10.1 Å². The van der Waals surface area contributed by atoms with Crippen LogP contribution < -0.4 is 29.7 Å². The molecule has 0 saturated carbocycles. The predicted octanol–water partition coefficient (Wildman–Crippen LogP) is 13.1. The number of nitrogens with zero attached hydrogens (tertiary/aromatic N) is 4. The molecule has 2 amide bonds. The monoisotopic (exact) mass is 885 g/mol. The van der Waals surface area contributed by atoms with Crippen molar-refractivity contribution in [2.75, 3.05) is 43.1 Å². The molecule has 64 heavy (non-hydrogen) atoms. The molecule has 2 unspecified atom stereocenters. The van der Waals surface area contributed by atoms with Crippen molar-refractivity contribution in [3.63, 3.8) is 0 Å². The fraction of sp³-hybridized carbons (Fsp3) is 0.510. The number of rotatable bonds is 30. The number of anilines is 3. The van der Waals surface area contributed by atoms with Gasteiger partial charge < -0.3 is 39.2 Å². The maximum atomic E-state index is 13.5. The molecule has 0 aliphatic heterocycles. The largest absolute Gasteiger partial charge is 0.494 e. The molecule has 2 atom stereocenters. The SMILES string of the molecule is CCCCCCCCCCCCCCCC(=O)Nc1cc(OC(C)N(CC)c2ccc(N=Nc3ccc([N+](=O)[O-])cc3OC)c(NC(C)=O)c2)c2ccccc2c1OCOC(C)OC. The predicted molar refractivity (Wildman–Crippen MR) is 254 cm³/mol. The molecule has 0 aliphatic rings. The molecule has 0 bridgehead atoms. The number of benzene rings is 4. The summed E-state index contributed by atoms with van der Waals surface area (Å²) in [6.45, 7) is 9.76. The van der Waals surface area contributed by atoms with Crippen LogP contribution in [0.1, 0.15) is 125 Å². The molecule has 0 aromatic heterocycles. The third-order valence-electron chi connectivity index (χ3n) is 10.9. The van der Waals surface area contributed by atoms with Crippen molar-refractivity contribution in [3.8, 4) is 17.2 Å². The number of amides is 2. The van der Waals surface area contributed by atoms with Crippen molar-refractivity contribution in [2.24, 2.45) is 10.2 Å². The number of non-ortho nitro benzene ring substituents is 1. The van der Waals surface area contributed by atoms with Crippen molar-refractivity contribution in [2.45, 2.75) is 137 Å². The number of unbranched alkanes of at least 4 members (excludes halogenated alkanes) is 12. The average molecular weight is 885 g/mol. The van der Waals surface area contributed by atoms with E-state index in [1.807, 2.05) is 49.1 Å². The van der Waals surface area contributed by atoms with Gasteiger partial charge in [0.1, 0.15) is 17.1 Å². The topological polar surface area (TPSA) is 175 Å². The van der Waals surface area contributed by atoms with E-state index >= 15 is 0 Å². The number of ether oxygens (including phenoxy) is 5. The van der Waals surface area contributed by atoms with Crippen LogP contribution in [0.15, 0.2) is 77.0 Å². The maximum Gasteiger partial charge on any atom is 0.273 e. The lowest BCUT2D eigenvalue weighted by molar-refractivity contribution is -0.384. The molecule has 0 aliphatic carbocycles. The summed E-state index contributed by atoms with van der Waals surface area (Å²) < 4.78 is 29.2. The third-order valence-corrected chi connectivity index (χ3v) is 10.9. The molecular weight excluding hydrogens is 817 g/mol. The highest BCUT2D eigenvalue weighted by Crippen LogP contribution is 2.42. The van der Waals surface area contributed by atoms with Crippen molar-refractivity contribution in [3.05, 3.63) is 76.8 Å². The lowest BCUT2D eigenvalue weighted by Crippen LogP contribution is -2.37. The summed E-state index contributed by atoms with van der Waals surface area (Å²) in [6.07, 6.45) is 15.3. The van der Waals surface area contributed by atoms with Crippen molar-refractivity contribution in [1.29, 1.82) is 0 Å². The van der Waals surface area contributed by atoms with E-state index in [-0.39, 0.29) is 35.7 Å². The van der Waals surface area contributed by atoms with Gasteiger partial charge in [-0.1, -0.05) is 108 Å². The van der Waals surface area contributed by atoms with Crippen molar-refractivity contribution < 1.29 is 38.2 Å². The third kappa shape index (κ3) is 16.1. The Morgan fingerprint density at radius 3 is 1.98 bits per heavy atom. The van der Waals surface area contributed by atoms with E-state index < -0.39 is 17.4 Å². The first kappa shape index (κ1) is 50.8. The summed E-state index contributed by atoms with van der Waals surface area (Å²) in [7, 11) is 2.94. The zero-order valence-corrected chi connectivity index (χ0v) is 38.8. The van der Waals surface area contributed by atoms with Crippen LogP contribution in [-0.2, 0) is 19.1 Å². The lowest BCUT2D eigenvalue weighted by atomic mass is 10.0. The lowest BCUT2D eigenvalue weighted by Gasteiger charge is -2.31. The molecule has 0 saturated heterocycles. The second-order valence-electron chi connectivity index (χ2n) is 15.8. The van der Waals surface area contributed by atoms with E-state index in [9.17, 15) is 19.7 Å². The zero-order chi connectivity index (χ0) is 46.3. The van der Waals surface area contributed by atoms with Crippen LogP contribution in [-0.4, -0.2) is 56.8 Å². The number of azo groups is 1. The van der Waals surface area contributed by atoms with Crippen LogP contribution in [0.2, 0.25) is 0 Å². The molecular formula is C49H68N6O9. The fourth-order valence-corrected chi connectivity index (χ4v) is 7.38. The van der Waals surface area contributed by atoms with Gasteiger partial charge in [-0.25, -0.2) is 0 Å². The number of methoxy groups -OCH3 is 2. The number of carbonyl (C=O) groups excluding carboxylic acids is 2. The molecule has 15 nitrogen and oxygen atoms in total. The average Bonchev–Trinajstić information content (AvgIpc) is 3.28. The van der Waals surface area contributed by atoms with Gasteiger partial charge in [-0.05, 0) is 51.5 Å². The normalized spacial score (nSPS) is 12.2. The number of carbonyl (C=O) groups is 2. The Bertz CT molecular complexity index is 2130. The minimum absolute atomic E-state index is 0.103. The number of fused-ring (bicyclic) bond motifs is 1. The van der Waals surface area contributed by atoms with Gasteiger partial charge in [0.25, 0.3) is 5.69 Å². The molecule has 4 aromatic carbocycles. The number of nitro groups is 1. The van der Waals surface area contributed by atoms with Gasteiger partial charge in [0, 0.05) is 55.6 Å². The Labute approximate surface area is 378 Å². The number of hydrogen-bond donors (Lipinski definition) is 2. The van der Waals surface area contributed by atoms with Gasteiger partial charge in [-0.2, -0.15) is 0 Å². The molecule has 0 fully saturated rings. The summed E-state index contributed by atoms with van der Waals surface area (Å²) in [5, 5.41) is 27.4. The molecule has 4 aromatic rings. The first-order chi connectivity index (χ1) is 31.0. The van der Waals surface area contributed by atoms with Crippen LogP contribution >= 0.6 is 0 Å². The molecule has 4 rings (SSSR count). The Kier molecular flexibility index (Phi) is 21.8. The summed E-state index contributed by atoms with van der Waals surface area (Å²) in [4.78, 5) is 38.6. The summed E-state index contributed by atoms with van der Waals surface area (Å²) in [5.74, 6) is 0.742. The Morgan fingerprint density at radius 1 is 0.750 bits per heavy atom. The van der Waals surface area contributed by atoms with Crippen LogP contribution in [0.4, 0.5) is 34.1 Å². The van der Waals surface area contributed by atoms with Crippen molar-refractivity contribution in [1.82, 2.24) is 0 Å². The molecule has 15 heteroatoms. The van der Waals surface area contributed by atoms with Crippen LogP contribution in [0.3, 0.4) is 0 Å². The Balaban J connectivity index is 1.51. The van der Waals surface area contributed by atoms with Gasteiger partial charge in [-0.3, -0.25) is 19.7 Å². The molecule has 348 valence electrons. The Morgan fingerprint density at radius 2 is 1.38 bits per heavy atom. The molecule has 0 spiro atoms. The fourth-order valence-electron chi connectivity index (χ4n) is 7.38. The minimum atomic E-state index is -0.539. The maximum absolute atomic E-state index is 13.5. The number of nitrogens with one attached hydrogen (secondary N) is 2. The zero-order valence-electron chi connectivity index (χ0n) is 38.8. The highest BCUT2D eigenvalue weighted by Gasteiger charge is 2.22. The Hall–Kier alpha value is -5.80.